The molecule has 0 aliphatic rings. The summed E-state index contributed by atoms with van der Waals surface area (Å²) >= 11 is 3.42. The summed E-state index contributed by atoms with van der Waals surface area (Å²) in [5.74, 6) is 0.0766. The molecule has 0 aliphatic carbocycles. The van der Waals surface area contributed by atoms with Crippen LogP contribution in [-0.2, 0) is 0 Å². The van der Waals surface area contributed by atoms with Gasteiger partial charge in [0.2, 0.25) is 5.88 Å². The molecule has 0 bridgehead atoms. The Bertz CT molecular complexity index is 641. The molecule has 0 amide bonds. The van der Waals surface area contributed by atoms with E-state index in [1.807, 2.05) is 25.1 Å². The Balaban J connectivity index is 2.28. The smallest absolute Gasteiger partial charge is 0.337 e. The van der Waals surface area contributed by atoms with Gasteiger partial charge in [0.25, 0.3) is 0 Å². The van der Waals surface area contributed by atoms with Crippen molar-refractivity contribution in [1.82, 2.24) is 4.98 Å². The Morgan fingerprint density at radius 3 is 2.58 bits per heavy atom. The quantitative estimate of drug-likeness (QED) is 0.929. The fourth-order valence-corrected chi connectivity index (χ4v) is 1.82. The number of hydrogen-bond donors (Lipinski definition) is 1. The second kappa shape index (κ2) is 5.40. The van der Waals surface area contributed by atoms with Crippen LogP contribution in [0.3, 0.4) is 0 Å². The molecule has 0 saturated heterocycles. The number of pyridine rings is 1. The van der Waals surface area contributed by atoms with Crippen molar-refractivity contribution in [2.45, 2.75) is 13.8 Å². The van der Waals surface area contributed by atoms with Crippen LogP contribution in [0.15, 0.2) is 34.9 Å². The van der Waals surface area contributed by atoms with Crippen LogP contribution in [0.5, 0.6) is 11.6 Å². The van der Waals surface area contributed by atoms with Gasteiger partial charge in [-0.15, -0.1) is 0 Å². The number of benzene rings is 1. The van der Waals surface area contributed by atoms with Gasteiger partial charge < -0.3 is 9.84 Å². The fraction of sp³-hybridized carbons (Fsp3) is 0.143. The Morgan fingerprint density at radius 1 is 1.26 bits per heavy atom. The van der Waals surface area contributed by atoms with Gasteiger partial charge in [-0.05, 0) is 43.7 Å². The van der Waals surface area contributed by atoms with E-state index in [2.05, 4.69) is 20.9 Å². The van der Waals surface area contributed by atoms with Gasteiger partial charge >= 0.3 is 5.97 Å². The molecule has 1 heterocycles. The van der Waals surface area contributed by atoms with Crippen molar-refractivity contribution in [2.24, 2.45) is 0 Å². The van der Waals surface area contributed by atoms with Gasteiger partial charge in [0.15, 0.2) is 0 Å². The first-order valence-electron chi connectivity index (χ1n) is 5.61. The van der Waals surface area contributed by atoms with Crippen LogP contribution >= 0.6 is 15.9 Å². The number of carboxylic acids is 1. The first-order chi connectivity index (χ1) is 8.97. The summed E-state index contributed by atoms with van der Waals surface area (Å²) in [6.07, 6.45) is 1.29. The van der Waals surface area contributed by atoms with Crippen molar-refractivity contribution >= 4 is 21.9 Å². The number of carbonyl (C=O) groups is 1. The minimum Gasteiger partial charge on any atom is -0.478 e. The zero-order valence-electron chi connectivity index (χ0n) is 10.5. The Kier molecular flexibility index (Phi) is 3.85. The van der Waals surface area contributed by atoms with Gasteiger partial charge in [-0.1, -0.05) is 15.9 Å². The first kappa shape index (κ1) is 13.5. The molecule has 0 unspecified atom stereocenters. The minimum atomic E-state index is -0.998. The fourth-order valence-electron chi connectivity index (χ4n) is 1.58. The molecule has 0 fully saturated rings. The maximum absolute atomic E-state index is 10.8. The monoisotopic (exact) mass is 321 g/mol. The summed E-state index contributed by atoms with van der Waals surface area (Å²) in [7, 11) is 0. The standard InChI is InChI=1S/C14H12BrNO3/c1-8-6-11(3-4-12(8)15)19-13-9(2)5-10(7-16-13)14(17)18/h3-7H,1-2H3,(H,17,18). The highest BCUT2D eigenvalue weighted by atomic mass is 79.9. The molecule has 1 aromatic carbocycles. The lowest BCUT2D eigenvalue weighted by atomic mass is 10.2. The van der Waals surface area contributed by atoms with Crippen LogP contribution in [0.1, 0.15) is 21.5 Å². The van der Waals surface area contributed by atoms with Crippen LogP contribution in [0, 0.1) is 13.8 Å². The molecule has 4 nitrogen and oxygen atoms in total. The maximum Gasteiger partial charge on any atom is 0.337 e. The minimum absolute atomic E-state index is 0.150. The largest absolute Gasteiger partial charge is 0.478 e. The van der Waals surface area contributed by atoms with E-state index in [-0.39, 0.29) is 5.56 Å². The van der Waals surface area contributed by atoms with Gasteiger partial charge in [-0.2, -0.15) is 0 Å². The second-order valence-corrected chi connectivity index (χ2v) is 5.02. The molecule has 0 atom stereocenters. The average molecular weight is 322 g/mol. The van der Waals surface area contributed by atoms with Gasteiger partial charge in [-0.25, -0.2) is 9.78 Å². The van der Waals surface area contributed by atoms with E-state index in [1.54, 1.807) is 6.92 Å². The number of aromatic nitrogens is 1. The summed E-state index contributed by atoms with van der Waals surface area (Å²) in [6.45, 7) is 3.73. The zero-order valence-corrected chi connectivity index (χ0v) is 12.1. The van der Waals surface area contributed by atoms with Gasteiger partial charge in [-0.3, -0.25) is 0 Å². The Morgan fingerprint density at radius 2 is 2.00 bits per heavy atom. The normalized spacial score (nSPS) is 10.3. The topological polar surface area (TPSA) is 59.4 Å². The third-order valence-electron chi connectivity index (χ3n) is 2.62. The maximum atomic E-state index is 10.8. The number of nitrogens with zero attached hydrogens (tertiary/aromatic N) is 1. The zero-order chi connectivity index (χ0) is 14.0. The highest BCUT2D eigenvalue weighted by molar-refractivity contribution is 9.10. The molecule has 0 spiro atoms. The highest BCUT2D eigenvalue weighted by Crippen LogP contribution is 2.27. The molecule has 2 rings (SSSR count). The van der Waals surface area contributed by atoms with E-state index in [4.69, 9.17) is 9.84 Å². The SMILES string of the molecule is Cc1cc(Oc2ncc(C(=O)O)cc2C)ccc1Br. The van der Waals surface area contributed by atoms with Crippen LogP contribution in [-0.4, -0.2) is 16.1 Å². The summed E-state index contributed by atoms with van der Waals surface area (Å²) in [5.41, 5.74) is 1.88. The molecule has 0 radical (unpaired) electrons. The van der Waals surface area contributed by atoms with Gasteiger partial charge in [0.1, 0.15) is 5.75 Å². The number of aromatic carboxylic acids is 1. The van der Waals surface area contributed by atoms with E-state index >= 15 is 0 Å². The van der Waals surface area contributed by atoms with Gasteiger partial charge in [0.05, 0.1) is 5.56 Å². The van der Waals surface area contributed by atoms with E-state index in [9.17, 15) is 4.79 Å². The number of hydrogen-bond acceptors (Lipinski definition) is 3. The summed E-state index contributed by atoms with van der Waals surface area (Å²) < 4.78 is 6.66. The molecule has 0 aliphatic heterocycles. The molecular formula is C14H12BrNO3. The molecule has 19 heavy (non-hydrogen) atoms. The van der Waals surface area contributed by atoms with Crippen molar-refractivity contribution in [3.05, 3.63) is 51.6 Å². The van der Waals surface area contributed by atoms with Crippen LogP contribution in [0.2, 0.25) is 0 Å². The van der Waals surface area contributed by atoms with E-state index in [0.717, 1.165) is 10.0 Å². The number of rotatable bonds is 3. The van der Waals surface area contributed by atoms with E-state index in [0.29, 0.717) is 17.2 Å². The number of carboxylic acid groups (broad SMARTS) is 1. The Hall–Kier alpha value is -1.88. The third-order valence-corrected chi connectivity index (χ3v) is 3.51. The van der Waals surface area contributed by atoms with Crippen molar-refractivity contribution in [1.29, 1.82) is 0 Å². The van der Waals surface area contributed by atoms with Crippen molar-refractivity contribution in [3.63, 3.8) is 0 Å². The molecule has 1 N–H and O–H groups in total. The van der Waals surface area contributed by atoms with Crippen LogP contribution in [0.4, 0.5) is 0 Å². The van der Waals surface area contributed by atoms with Gasteiger partial charge in [0, 0.05) is 16.2 Å². The molecule has 98 valence electrons. The predicted molar refractivity (Wildman–Crippen MR) is 74.9 cm³/mol. The predicted octanol–water partition coefficient (Wildman–Crippen LogP) is 3.95. The summed E-state index contributed by atoms with van der Waals surface area (Å²) in [6, 6.07) is 7.14. The molecule has 0 saturated carbocycles. The van der Waals surface area contributed by atoms with Crippen LogP contribution < -0.4 is 4.74 Å². The third kappa shape index (κ3) is 3.12. The van der Waals surface area contributed by atoms with E-state index < -0.39 is 5.97 Å². The number of ether oxygens (including phenoxy) is 1. The lowest BCUT2D eigenvalue weighted by molar-refractivity contribution is 0.0696. The van der Waals surface area contributed by atoms with Crippen molar-refractivity contribution < 1.29 is 14.6 Å². The summed E-state index contributed by atoms with van der Waals surface area (Å²) in [4.78, 5) is 14.9. The average Bonchev–Trinajstić information content (AvgIpc) is 2.36. The summed E-state index contributed by atoms with van der Waals surface area (Å²) in [5, 5.41) is 8.87. The lowest BCUT2D eigenvalue weighted by Crippen LogP contribution is -2.00. The molecule has 5 heteroatoms. The van der Waals surface area contributed by atoms with Crippen molar-refractivity contribution in [3.8, 4) is 11.6 Å². The highest BCUT2D eigenvalue weighted by Gasteiger charge is 2.09. The second-order valence-electron chi connectivity index (χ2n) is 4.16. The number of halogens is 1. The van der Waals surface area contributed by atoms with E-state index in [1.165, 1.54) is 12.3 Å². The van der Waals surface area contributed by atoms with Crippen LogP contribution in [0.25, 0.3) is 0 Å². The Labute approximate surface area is 119 Å². The number of aryl methyl sites for hydroxylation is 2. The molecular weight excluding hydrogens is 310 g/mol. The molecule has 2 aromatic rings. The lowest BCUT2D eigenvalue weighted by Gasteiger charge is -2.09. The first-order valence-corrected chi connectivity index (χ1v) is 6.40. The van der Waals surface area contributed by atoms with Crippen molar-refractivity contribution in [2.75, 3.05) is 0 Å². The molecule has 1 aromatic heterocycles.